The third-order valence-electron chi connectivity index (χ3n) is 2.86. The molecule has 2 heteroatoms. The summed E-state index contributed by atoms with van der Waals surface area (Å²) in [5.41, 5.74) is 1.06. The Morgan fingerprint density at radius 2 is 1.73 bits per heavy atom. The van der Waals surface area contributed by atoms with E-state index >= 15 is 0 Å². The van der Waals surface area contributed by atoms with Crippen LogP contribution in [0.15, 0.2) is 30.3 Å². The molecule has 1 heterocycles. The molecule has 2 atom stereocenters. The summed E-state index contributed by atoms with van der Waals surface area (Å²) in [6.07, 6.45) is -0.0568. The number of esters is 1. The molecule has 0 bridgehead atoms. The normalized spacial score (nSPS) is 25.7. The monoisotopic (exact) mass is 204 g/mol. The van der Waals surface area contributed by atoms with Crippen LogP contribution in [-0.4, -0.2) is 5.97 Å². The number of hydrogen-bond acceptors (Lipinski definition) is 2. The van der Waals surface area contributed by atoms with Crippen molar-refractivity contribution < 1.29 is 9.53 Å². The first-order valence-electron chi connectivity index (χ1n) is 5.25. The van der Waals surface area contributed by atoms with Gasteiger partial charge in [0.05, 0.1) is 0 Å². The van der Waals surface area contributed by atoms with E-state index in [0.717, 1.165) is 5.56 Å². The van der Waals surface area contributed by atoms with Gasteiger partial charge < -0.3 is 4.74 Å². The maximum atomic E-state index is 11.4. The zero-order valence-corrected chi connectivity index (χ0v) is 9.36. The van der Waals surface area contributed by atoms with Crippen molar-refractivity contribution in [1.29, 1.82) is 0 Å². The predicted molar refractivity (Wildman–Crippen MR) is 58.2 cm³/mol. The Bertz CT molecular complexity index is 362. The van der Waals surface area contributed by atoms with E-state index in [-0.39, 0.29) is 23.4 Å². The lowest BCUT2D eigenvalue weighted by atomic mass is 9.72. The van der Waals surface area contributed by atoms with Gasteiger partial charge in [-0.1, -0.05) is 51.1 Å². The number of carbonyl (C=O) groups is 1. The molecule has 0 saturated carbocycles. The molecule has 15 heavy (non-hydrogen) atoms. The van der Waals surface area contributed by atoms with Crippen LogP contribution in [0.5, 0.6) is 0 Å². The highest BCUT2D eigenvalue weighted by Crippen LogP contribution is 2.46. The molecule has 0 N–H and O–H groups in total. The second-order valence-corrected chi connectivity index (χ2v) is 5.11. The quantitative estimate of drug-likeness (QED) is 0.657. The summed E-state index contributed by atoms with van der Waals surface area (Å²) < 4.78 is 5.23. The lowest BCUT2D eigenvalue weighted by Crippen LogP contribution is -2.46. The van der Waals surface area contributed by atoms with Crippen LogP contribution in [0.1, 0.15) is 32.4 Å². The maximum absolute atomic E-state index is 11.4. The van der Waals surface area contributed by atoms with Gasteiger partial charge in [-0.3, -0.25) is 4.79 Å². The van der Waals surface area contributed by atoms with Crippen molar-refractivity contribution >= 4 is 5.97 Å². The number of ether oxygens (including phenoxy) is 1. The highest BCUT2D eigenvalue weighted by atomic mass is 16.6. The molecule has 0 spiro atoms. The van der Waals surface area contributed by atoms with E-state index in [9.17, 15) is 4.79 Å². The SMILES string of the molecule is CC(C)(C)[C@@H]1C(=O)O[C@@H]1c1ccccc1. The van der Waals surface area contributed by atoms with E-state index in [1.165, 1.54) is 0 Å². The summed E-state index contributed by atoms with van der Waals surface area (Å²) in [5.74, 6) is -0.0868. The summed E-state index contributed by atoms with van der Waals surface area (Å²) in [6.45, 7) is 6.23. The van der Waals surface area contributed by atoms with Gasteiger partial charge >= 0.3 is 5.97 Å². The van der Waals surface area contributed by atoms with Gasteiger partial charge in [0.1, 0.15) is 12.0 Å². The highest BCUT2D eigenvalue weighted by molar-refractivity contribution is 5.80. The molecule has 1 aromatic rings. The molecule has 1 fully saturated rings. The zero-order valence-electron chi connectivity index (χ0n) is 9.36. The van der Waals surface area contributed by atoms with Crippen LogP contribution < -0.4 is 0 Å². The van der Waals surface area contributed by atoms with Crippen LogP contribution in [0.4, 0.5) is 0 Å². The molecule has 2 nitrogen and oxygen atoms in total. The molecule has 1 saturated heterocycles. The van der Waals surface area contributed by atoms with Gasteiger partial charge in [0.2, 0.25) is 0 Å². The Labute approximate surface area is 90.3 Å². The smallest absolute Gasteiger partial charge is 0.314 e. The van der Waals surface area contributed by atoms with E-state index in [0.29, 0.717) is 0 Å². The summed E-state index contributed by atoms with van der Waals surface area (Å²) in [6, 6.07) is 9.93. The summed E-state index contributed by atoms with van der Waals surface area (Å²) in [7, 11) is 0. The van der Waals surface area contributed by atoms with E-state index in [1.807, 2.05) is 30.3 Å². The average Bonchev–Trinajstić information content (AvgIpc) is 2.12. The first kappa shape index (κ1) is 10.2. The fraction of sp³-hybridized carbons (Fsp3) is 0.462. The van der Waals surface area contributed by atoms with Crippen LogP contribution in [0.3, 0.4) is 0 Å². The third kappa shape index (κ3) is 1.76. The Morgan fingerprint density at radius 1 is 1.13 bits per heavy atom. The molecular formula is C13H16O2. The Kier molecular flexibility index (Phi) is 2.29. The molecule has 80 valence electrons. The molecule has 1 aliphatic heterocycles. The minimum Gasteiger partial charge on any atom is -0.456 e. The molecule has 1 aromatic carbocycles. The number of benzene rings is 1. The molecule has 0 aliphatic carbocycles. The molecule has 1 aliphatic rings. The highest BCUT2D eigenvalue weighted by Gasteiger charge is 2.49. The number of carbonyl (C=O) groups excluding carboxylic acids is 1. The van der Waals surface area contributed by atoms with E-state index < -0.39 is 0 Å². The summed E-state index contributed by atoms with van der Waals surface area (Å²) >= 11 is 0. The first-order valence-corrected chi connectivity index (χ1v) is 5.25. The van der Waals surface area contributed by atoms with Gasteiger partial charge in [0.15, 0.2) is 0 Å². The van der Waals surface area contributed by atoms with Crippen molar-refractivity contribution in [2.75, 3.05) is 0 Å². The maximum Gasteiger partial charge on any atom is 0.314 e. The minimum absolute atomic E-state index is 0.0140. The Balaban J connectivity index is 2.23. The van der Waals surface area contributed by atoms with Gasteiger partial charge in [-0.2, -0.15) is 0 Å². The van der Waals surface area contributed by atoms with Crippen molar-refractivity contribution in [1.82, 2.24) is 0 Å². The van der Waals surface area contributed by atoms with Crippen molar-refractivity contribution in [2.45, 2.75) is 26.9 Å². The van der Waals surface area contributed by atoms with Gasteiger partial charge in [0.25, 0.3) is 0 Å². The molecule has 0 amide bonds. The molecule has 0 aromatic heterocycles. The fourth-order valence-corrected chi connectivity index (χ4v) is 2.03. The van der Waals surface area contributed by atoms with E-state index in [2.05, 4.69) is 20.8 Å². The fourth-order valence-electron chi connectivity index (χ4n) is 2.03. The van der Waals surface area contributed by atoms with Crippen molar-refractivity contribution in [2.24, 2.45) is 11.3 Å². The van der Waals surface area contributed by atoms with Crippen LogP contribution >= 0.6 is 0 Å². The molecule has 2 rings (SSSR count). The molecular weight excluding hydrogens is 188 g/mol. The lowest BCUT2D eigenvalue weighted by molar-refractivity contribution is -0.197. The average molecular weight is 204 g/mol. The van der Waals surface area contributed by atoms with Crippen LogP contribution in [0, 0.1) is 11.3 Å². The van der Waals surface area contributed by atoms with Crippen LogP contribution in [0.25, 0.3) is 0 Å². The molecule has 0 radical (unpaired) electrons. The van der Waals surface area contributed by atoms with Crippen molar-refractivity contribution in [3.05, 3.63) is 35.9 Å². The lowest BCUT2D eigenvalue weighted by Gasteiger charge is -2.43. The van der Waals surface area contributed by atoms with Crippen LogP contribution in [0.2, 0.25) is 0 Å². The van der Waals surface area contributed by atoms with Crippen molar-refractivity contribution in [3.8, 4) is 0 Å². The second kappa shape index (κ2) is 3.37. The largest absolute Gasteiger partial charge is 0.456 e. The van der Waals surface area contributed by atoms with Gasteiger partial charge in [-0.25, -0.2) is 0 Å². The van der Waals surface area contributed by atoms with Gasteiger partial charge in [-0.15, -0.1) is 0 Å². The van der Waals surface area contributed by atoms with Gasteiger partial charge in [0, 0.05) is 0 Å². The summed E-state index contributed by atoms with van der Waals surface area (Å²) in [4.78, 5) is 11.4. The standard InChI is InChI=1S/C13H16O2/c1-13(2,3)10-11(15-12(10)14)9-7-5-4-6-8-9/h4-8,10-11H,1-3H3/t10-,11+/m0/s1. The summed E-state index contributed by atoms with van der Waals surface area (Å²) in [5, 5.41) is 0. The van der Waals surface area contributed by atoms with E-state index in [4.69, 9.17) is 4.74 Å². The topological polar surface area (TPSA) is 26.3 Å². The Hall–Kier alpha value is -1.31. The van der Waals surface area contributed by atoms with Gasteiger partial charge in [-0.05, 0) is 11.0 Å². The first-order chi connectivity index (χ1) is 7.00. The van der Waals surface area contributed by atoms with Crippen LogP contribution in [-0.2, 0) is 9.53 Å². The van der Waals surface area contributed by atoms with E-state index in [1.54, 1.807) is 0 Å². The Morgan fingerprint density at radius 3 is 2.20 bits per heavy atom. The number of hydrogen-bond donors (Lipinski definition) is 0. The minimum atomic E-state index is -0.0728. The predicted octanol–water partition coefficient (Wildman–Crippen LogP) is 2.95. The zero-order chi connectivity index (χ0) is 11.1. The third-order valence-corrected chi connectivity index (χ3v) is 2.86. The number of cyclic esters (lactones) is 1. The number of rotatable bonds is 1. The second-order valence-electron chi connectivity index (χ2n) is 5.11. The van der Waals surface area contributed by atoms with Crippen molar-refractivity contribution in [3.63, 3.8) is 0 Å². The molecule has 0 unspecified atom stereocenters.